The number of nitrogens with zero attached hydrogens (tertiary/aromatic N) is 2. The maximum absolute atomic E-state index is 12.8. The molecule has 0 fully saturated rings. The molecule has 0 radical (unpaired) electrons. The highest BCUT2D eigenvalue weighted by Gasteiger charge is 2.13. The minimum Gasteiger partial charge on any atom is -0.204 e. The normalized spacial score (nSPS) is 10.9. The minimum absolute atomic E-state index is 0.00810. The van der Waals surface area contributed by atoms with Gasteiger partial charge < -0.3 is 0 Å². The first-order valence-corrected chi connectivity index (χ1v) is 3.83. The smallest absolute Gasteiger partial charge is 0.175 e. The van der Waals surface area contributed by atoms with Crippen LogP contribution in [0.1, 0.15) is 0 Å². The Morgan fingerprint density at radius 2 is 2.08 bits per heavy atom. The van der Waals surface area contributed by atoms with E-state index in [1.54, 1.807) is 0 Å². The molecule has 0 unspecified atom stereocenters. The van der Waals surface area contributed by atoms with Crippen molar-refractivity contribution in [3.63, 3.8) is 0 Å². The van der Waals surface area contributed by atoms with Gasteiger partial charge in [0.1, 0.15) is 11.0 Å². The third kappa shape index (κ3) is 0.911. The molecule has 62 valence electrons. The highest BCUT2D eigenvalue weighted by atomic mass is 79.9. The third-order valence-corrected chi connectivity index (χ3v) is 2.17. The number of aromatic amines is 1. The molecule has 0 amide bonds. The van der Waals surface area contributed by atoms with Gasteiger partial charge in [0.15, 0.2) is 11.6 Å². The van der Waals surface area contributed by atoms with Gasteiger partial charge in [0.2, 0.25) is 0 Å². The van der Waals surface area contributed by atoms with E-state index in [2.05, 4.69) is 31.3 Å². The van der Waals surface area contributed by atoms with Gasteiger partial charge in [-0.2, -0.15) is 15.4 Å². The Morgan fingerprint density at radius 1 is 1.33 bits per heavy atom. The summed E-state index contributed by atoms with van der Waals surface area (Å²) in [6, 6.07) is 0.985. The summed E-state index contributed by atoms with van der Waals surface area (Å²) in [6.45, 7) is 0. The van der Waals surface area contributed by atoms with Crippen molar-refractivity contribution in [2.24, 2.45) is 0 Å². The van der Waals surface area contributed by atoms with Gasteiger partial charge in [-0.1, -0.05) is 0 Å². The molecule has 3 nitrogen and oxygen atoms in total. The highest BCUT2D eigenvalue weighted by molar-refractivity contribution is 9.10. The lowest BCUT2D eigenvalue weighted by Gasteiger charge is -1.94. The number of hydrogen-bond donors (Lipinski definition) is 1. The van der Waals surface area contributed by atoms with Gasteiger partial charge in [-0.25, -0.2) is 8.78 Å². The second kappa shape index (κ2) is 2.48. The van der Waals surface area contributed by atoms with Crippen LogP contribution >= 0.6 is 15.9 Å². The molecule has 0 aliphatic heterocycles. The summed E-state index contributed by atoms with van der Waals surface area (Å²) in [5.41, 5.74) is 0.578. The van der Waals surface area contributed by atoms with E-state index in [1.807, 2.05) is 0 Å². The maximum Gasteiger partial charge on any atom is 0.175 e. The van der Waals surface area contributed by atoms with E-state index in [-0.39, 0.29) is 9.99 Å². The van der Waals surface area contributed by atoms with E-state index in [1.165, 1.54) is 0 Å². The summed E-state index contributed by atoms with van der Waals surface area (Å²) in [4.78, 5) is 0. The van der Waals surface area contributed by atoms with Crippen molar-refractivity contribution in [1.29, 1.82) is 0 Å². The Kier molecular flexibility index (Phi) is 1.57. The van der Waals surface area contributed by atoms with Crippen molar-refractivity contribution >= 4 is 27.0 Å². The van der Waals surface area contributed by atoms with Gasteiger partial charge >= 0.3 is 0 Å². The molecular weight excluding hydrogens is 232 g/mol. The Labute approximate surface area is 73.9 Å². The summed E-state index contributed by atoms with van der Waals surface area (Å²) < 4.78 is 25.5. The standard InChI is InChI=1S/C6H2BrF2N3/c7-4-5(9)2(8)1-3-6(4)11-12-10-3/h1H,(H,10,11,12). The van der Waals surface area contributed by atoms with E-state index in [4.69, 9.17) is 0 Å². The quantitative estimate of drug-likeness (QED) is 0.708. The van der Waals surface area contributed by atoms with E-state index in [0.29, 0.717) is 5.52 Å². The fourth-order valence-electron chi connectivity index (χ4n) is 0.893. The zero-order valence-electron chi connectivity index (χ0n) is 5.61. The first-order valence-electron chi connectivity index (χ1n) is 3.04. The molecule has 0 bridgehead atoms. The Hall–Kier alpha value is -1.04. The number of hydrogen-bond acceptors (Lipinski definition) is 2. The first kappa shape index (κ1) is 7.60. The van der Waals surface area contributed by atoms with Crippen LogP contribution in [0, 0.1) is 11.6 Å². The first-order chi connectivity index (χ1) is 5.70. The number of rotatable bonds is 0. The lowest BCUT2D eigenvalue weighted by molar-refractivity contribution is 0.506. The van der Waals surface area contributed by atoms with Crippen LogP contribution in [0.3, 0.4) is 0 Å². The summed E-state index contributed by atoms with van der Waals surface area (Å²) in [6.07, 6.45) is 0. The number of aromatic nitrogens is 3. The molecule has 0 saturated carbocycles. The van der Waals surface area contributed by atoms with Gasteiger partial charge in [-0.05, 0) is 15.9 Å². The van der Waals surface area contributed by atoms with Crippen molar-refractivity contribution in [2.75, 3.05) is 0 Å². The molecule has 1 aromatic carbocycles. The summed E-state index contributed by atoms with van der Waals surface area (Å²) in [7, 11) is 0. The van der Waals surface area contributed by atoms with Gasteiger partial charge in [-0.3, -0.25) is 0 Å². The number of nitrogens with one attached hydrogen (secondary N) is 1. The molecule has 12 heavy (non-hydrogen) atoms. The largest absolute Gasteiger partial charge is 0.204 e. The third-order valence-electron chi connectivity index (χ3n) is 1.45. The molecule has 0 atom stereocenters. The monoisotopic (exact) mass is 233 g/mol. The van der Waals surface area contributed by atoms with E-state index < -0.39 is 11.6 Å². The lowest BCUT2D eigenvalue weighted by Crippen LogP contribution is -1.86. The van der Waals surface area contributed by atoms with Crippen molar-refractivity contribution in [2.45, 2.75) is 0 Å². The van der Waals surface area contributed by atoms with Gasteiger partial charge in [0.05, 0.1) is 4.47 Å². The van der Waals surface area contributed by atoms with Crippen LogP contribution in [0.5, 0.6) is 0 Å². The molecular formula is C6H2BrF2N3. The minimum atomic E-state index is -0.948. The summed E-state index contributed by atoms with van der Waals surface area (Å²) in [5.74, 6) is -1.89. The van der Waals surface area contributed by atoms with Gasteiger partial charge in [0.25, 0.3) is 0 Å². The predicted molar refractivity (Wildman–Crippen MR) is 41.5 cm³/mol. The number of benzene rings is 1. The molecule has 1 N–H and O–H groups in total. The van der Waals surface area contributed by atoms with E-state index >= 15 is 0 Å². The molecule has 1 aromatic heterocycles. The molecule has 0 aliphatic rings. The summed E-state index contributed by atoms with van der Waals surface area (Å²) in [5, 5.41) is 9.51. The molecule has 2 rings (SSSR count). The van der Waals surface area contributed by atoms with Crippen LogP contribution in [0.25, 0.3) is 11.0 Å². The topological polar surface area (TPSA) is 41.6 Å². The maximum atomic E-state index is 12.8. The average molecular weight is 234 g/mol. The average Bonchev–Trinajstić information content (AvgIpc) is 2.48. The van der Waals surface area contributed by atoms with Crippen LogP contribution in [-0.2, 0) is 0 Å². The zero-order chi connectivity index (χ0) is 8.72. The van der Waals surface area contributed by atoms with Crippen molar-refractivity contribution < 1.29 is 8.78 Å². The highest BCUT2D eigenvalue weighted by Crippen LogP contribution is 2.25. The van der Waals surface area contributed by atoms with Crippen molar-refractivity contribution in [3.05, 3.63) is 22.2 Å². The van der Waals surface area contributed by atoms with Crippen LogP contribution in [0.15, 0.2) is 10.5 Å². The van der Waals surface area contributed by atoms with Crippen LogP contribution in [-0.4, -0.2) is 15.4 Å². The van der Waals surface area contributed by atoms with E-state index in [9.17, 15) is 8.78 Å². The lowest BCUT2D eigenvalue weighted by atomic mass is 10.3. The molecule has 6 heteroatoms. The number of H-pyrrole nitrogens is 1. The Morgan fingerprint density at radius 3 is 2.83 bits per heavy atom. The molecule has 0 spiro atoms. The van der Waals surface area contributed by atoms with Crippen molar-refractivity contribution in [1.82, 2.24) is 15.4 Å². The van der Waals surface area contributed by atoms with Gasteiger partial charge in [0, 0.05) is 6.07 Å². The second-order valence-corrected chi connectivity index (χ2v) is 2.97. The number of fused-ring (bicyclic) bond motifs is 1. The second-order valence-electron chi connectivity index (χ2n) is 2.18. The fraction of sp³-hybridized carbons (Fsp3) is 0. The van der Waals surface area contributed by atoms with Crippen LogP contribution in [0.4, 0.5) is 8.78 Å². The Bertz CT molecular complexity index is 440. The van der Waals surface area contributed by atoms with Crippen LogP contribution in [0.2, 0.25) is 0 Å². The predicted octanol–water partition coefficient (Wildman–Crippen LogP) is 2.00. The fourth-order valence-corrected chi connectivity index (χ4v) is 1.37. The number of halogens is 3. The zero-order valence-corrected chi connectivity index (χ0v) is 7.19. The van der Waals surface area contributed by atoms with E-state index in [0.717, 1.165) is 6.07 Å². The van der Waals surface area contributed by atoms with Crippen molar-refractivity contribution in [3.8, 4) is 0 Å². The molecule has 0 saturated heterocycles. The molecule has 1 heterocycles. The molecule has 2 aromatic rings. The SMILES string of the molecule is Fc1cc2n[nH]nc2c(Br)c1F. The summed E-state index contributed by atoms with van der Waals surface area (Å²) >= 11 is 2.87. The molecule has 0 aliphatic carbocycles. The Balaban J connectivity index is 2.94. The van der Waals surface area contributed by atoms with Gasteiger partial charge in [-0.15, -0.1) is 0 Å². The van der Waals surface area contributed by atoms with Crippen LogP contribution < -0.4 is 0 Å².